The quantitative estimate of drug-likeness (QED) is 0.863. The Morgan fingerprint density at radius 2 is 2.31 bits per heavy atom. The Morgan fingerprint density at radius 3 is 2.94 bits per heavy atom. The van der Waals surface area contributed by atoms with Crippen LogP contribution in [0.5, 0.6) is 5.88 Å². The van der Waals surface area contributed by atoms with Crippen molar-refractivity contribution in [3.8, 4) is 5.88 Å². The van der Waals surface area contributed by atoms with E-state index in [2.05, 4.69) is 27.8 Å². The van der Waals surface area contributed by atoms with Crippen molar-refractivity contribution in [3.05, 3.63) is 40.7 Å². The van der Waals surface area contributed by atoms with E-state index in [0.29, 0.717) is 5.88 Å². The Balaban J connectivity index is 1.81. The molecule has 0 aromatic carbocycles. The van der Waals surface area contributed by atoms with Crippen LogP contribution in [0.4, 0.5) is 5.69 Å². The van der Waals surface area contributed by atoms with E-state index < -0.39 is 0 Å². The maximum absolute atomic E-state index is 5.00. The second-order valence-corrected chi connectivity index (χ2v) is 4.38. The highest BCUT2D eigenvalue weighted by atomic mass is 32.1. The second kappa shape index (κ2) is 5.51. The van der Waals surface area contributed by atoms with Crippen molar-refractivity contribution in [3.63, 3.8) is 0 Å². The molecule has 4 heteroatoms. The summed E-state index contributed by atoms with van der Waals surface area (Å²) in [6.07, 6.45) is 2.83. The van der Waals surface area contributed by atoms with E-state index in [1.807, 2.05) is 12.1 Å². The Kier molecular flexibility index (Phi) is 3.77. The minimum absolute atomic E-state index is 0.642. The molecule has 84 valence electrons. The fourth-order valence-electron chi connectivity index (χ4n) is 1.39. The fraction of sp³-hybridized carbons (Fsp3) is 0.250. The summed E-state index contributed by atoms with van der Waals surface area (Å²) in [5.41, 5.74) is 1.03. The molecular formula is C12H14N2OS. The zero-order valence-corrected chi connectivity index (χ0v) is 9.96. The van der Waals surface area contributed by atoms with Crippen LogP contribution in [0.15, 0.2) is 35.8 Å². The number of nitrogens with one attached hydrogen (secondary N) is 1. The molecule has 2 heterocycles. The molecule has 0 aliphatic heterocycles. The van der Waals surface area contributed by atoms with E-state index in [4.69, 9.17) is 4.74 Å². The number of aromatic nitrogens is 1. The molecule has 2 rings (SSSR count). The first kappa shape index (κ1) is 11.0. The number of methoxy groups -OCH3 is 1. The Hall–Kier alpha value is -1.55. The standard InChI is InChI=1S/C12H14N2OS/c1-15-12-5-4-10(9-14-12)13-7-6-11-3-2-8-16-11/h2-5,8-9,13H,6-7H2,1H3. The lowest BCUT2D eigenvalue weighted by Gasteiger charge is -2.05. The third-order valence-electron chi connectivity index (χ3n) is 2.23. The van der Waals surface area contributed by atoms with Crippen LogP contribution in [0.1, 0.15) is 4.88 Å². The van der Waals surface area contributed by atoms with E-state index in [0.717, 1.165) is 18.7 Å². The largest absolute Gasteiger partial charge is 0.481 e. The van der Waals surface area contributed by atoms with Gasteiger partial charge in [0.15, 0.2) is 0 Å². The second-order valence-electron chi connectivity index (χ2n) is 3.35. The van der Waals surface area contributed by atoms with E-state index in [1.165, 1.54) is 4.88 Å². The van der Waals surface area contributed by atoms with Gasteiger partial charge in [-0.15, -0.1) is 11.3 Å². The van der Waals surface area contributed by atoms with Gasteiger partial charge in [0.2, 0.25) is 5.88 Å². The van der Waals surface area contributed by atoms with Crippen LogP contribution in [0, 0.1) is 0 Å². The highest BCUT2D eigenvalue weighted by Gasteiger charge is 1.96. The van der Waals surface area contributed by atoms with Crippen molar-refractivity contribution in [2.24, 2.45) is 0 Å². The lowest BCUT2D eigenvalue weighted by Crippen LogP contribution is -2.04. The molecular weight excluding hydrogens is 220 g/mol. The smallest absolute Gasteiger partial charge is 0.213 e. The van der Waals surface area contributed by atoms with Crippen LogP contribution >= 0.6 is 11.3 Å². The first-order valence-corrected chi connectivity index (χ1v) is 6.03. The summed E-state index contributed by atoms with van der Waals surface area (Å²) in [5, 5.41) is 5.42. The topological polar surface area (TPSA) is 34.1 Å². The maximum atomic E-state index is 5.00. The molecule has 2 aromatic rings. The van der Waals surface area contributed by atoms with Crippen molar-refractivity contribution < 1.29 is 4.74 Å². The van der Waals surface area contributed by atoms with E-state index in [9.17, 15) is 0 Å². The van der Waals surface area contributed by atoms with Gasteiger partial charge >= 0.3 is 0 Å². The van der Waals surface area contributed by atoms with Crippen molar-refractivity contribution >= 4 is 17.0 Å². The Morgan fingerprint density at radius 1 is 1.38 bits per heavy atom. The number of thiophene rings is 1. The van der Waals surface area contributed by atoms with Gasteiger partial charge in [-0.2, -0.15) is 0 Å². The third kappa shape index (κ3) is 2.97. The van der Waals surface area contributed by atoms with Crippen LogP contribution in [0.2, 0.25) is 0 Å². The Labute approximate surface area is 99.1 Å². The number of anilines is 1. The summed E-state index contributed by atoms with van der Waals surface area (Å²) < 4.78 is 5.00. The van der Waals surface area contributed by atoms with E-state index >= 15 is 0 Å². The molecule has 0 aliphatic rings. The summed E-state index contributed by atoms with van der Waals surface area (Å²) in [5.74, 6) is 0.642. The van der Waals surface area contributed by atoms with Crippen molar-refractivity contribution in [1.29, 1.82) is 0 Å². The molecule has 3 nitrogen and oxygen atoms in total. The molecule has 0 radical (unpaired) electrons. The summed E-state index contributed by atoms with van der Waals surface area (Å²) in [6, 6.07) is 8.06. The SMILES string of the molecule is COc1ccc(NCCc2cccs2)cn1. The minimum Gasteiger partial charge on any atom is -0.481 e. The molecule has 0 bridgehead atoms. The summed E-state index contributed by atoms with van der Waals surface area (Å²) in [4.78, 5) is 5.53. The van der Waals surface area contributed by atoms with E-state index in [1.54, 1.807) is 24.6 Å². The number of hydrogen-bond acceptors (Lipinski definition) is 4. The fourth-order valence-corrected chi connectivity index (χ4v) is 2.10. The average Bonchev–Trinajstić information content (AvgIpc) is 2.83. The summed E-state index contributed by atoms with van der Waals surface area (Å²) in [6.45, 7) is 0.925. The molecule has 0 atom stereocenters. The van der Waals surface area contributed by atoms with Crippen LogP contribution in [-0.4, -0.2) is 18.6 Å². The zero-order valence-electron chi connectivity index (χ0n) is 9.14. The van der Waals surface area contributed by atoms with Gasteiger partial charge < -0.3 is 10.1 Å². The molecule has 0 fully saturated rings. The zero-order chi connectivity index (χ0) is 11.2. The van der Waals surface area contributed by atoms with Crippen molar-refractivity contribution in [1.82, 2.24) is 4.98 Å². The highest BCUT2D eigenvalue weighted by molar-refractivity contribution is 7.09. The predicted molar refractivity (Wildman–Crippen MR) is 67.3 cm³/mol. The lowest BCUT2D eigenvalue weighted by atomic mass is 10.3. The normalized spacial score (nSPS) is 10.1. The molecule has 0 aliphatic carbocycles. The number of nitrogens with zero attached hydrogens (tertiary/aromatic N) is 1. The first-order chi connectivity index (χ1) is 7.88. The van der Waals surface area contributed by atoms with Gasteiger partial charge in [-0.3, -0.25) is 0 Å². The van der Waals surface area contributed by atoms with Crippen LogP contribution < -0.4 is 10.1 Å². The molecule has 0 spiro atoms. The molecule has 0 saturated carbocycles. The highest BCUT2D eigenvalue weighted by Crippen LogP contribution is 2.12. The monoisotopic (exact) mass is 234 g/mol. The summed E-state index contributed by atoms with van der Waals surface area (Å²) in [7, 11) is 1.62. The maximum Gasteiger partial charge on any atom is 0.213 e. The van der Waals surface area contributed by atoms with Crippen LogP contribution in [0.25, 0.3) is 0 Å². The van der Waals surface area contributed by atoms with Gasteiger partial charge in [-0.05, 0) is 23.9 Å². The Bertz CT molecular complexity index is 411. The molecule has 0 amide bonds. The minimum atomic E-state index is 0.642. The molecule has 1 N–H and O–H groups in total. The molecule has 16 heavy (non-hydrogen) atoms. The molecule has 0 unspecified atom stereocenters. The average molecular weight is 234 g/mol. The van der Waals surface area contributed by atoms with Gasteiger partial charge in [0.25, 0.3) is 0 Å². The van der Waals surface area contributed by atoms with Gasteiger partial charge in [0, 0.05) is 17.5 Å². The number of hydrogen-bond donors (Lipinski definition) is 1. The molecule has 0 saturated heterocycles. The van der Waals surface area contributed by atoms with Gasteiger partial charge in [-0.25, -0.2) is 4.98 Å². The number of rotatable bonds is 5. The van der Waals surface area contributed by atoms with Gasteiger partial charge in [0.1, 0.15) is 0 Å². The van der Waals surface area contributed by atoms with Gasteiger partial charge in [-0.1, -0.05) is 6.07 Å². The summed E-state index contributed by atoms with van der Waals surface area (Å²) >= 11 is 1.79. The number of pyridine rings is 1. The third-order valence-corrected chi connectivity index (χ3v) is 3.16. The van der Waals surface area contributed by atoms with Crippen LogP contribution in [-0.2, 0) is 6.42 Å². The number of ether oxygens (including phenoxy) is 1. The van der Waals surface area contributed by atoms with Crippen molar-refractivity contribution in [2.45, 2.75) is 6.42 Å². The van der Waals surface area contributed by atoms with Gasteiger partial charge in [0.05, 0.1) is 19.0 Å². The predicted octanol–water partition coefficient (Wildman–Crippen LogP) is 2.81. The molecule has 2 aromatic heterocycles. The first-order valence-electron chi connectivity index (χ1n) is 5.15. The lowest BCUT2D eigenvalue weighted by molar-refractivity contribution is 0.398. The van der Waals surface area contributed by atoms with Crippen molar-refractivity contribution in [2.75, 3.05) is 19.0 Å². The van der Waals surface area contributed by atoms with E-state index in [-0.39, 0.29) is 0 Å². The van der Waals surface area contributed by atoms with Crippen LogP contribution in [0.3, 0.4) is 0 Å².